The molecule has 0 unspecified atom stereocenters. The Labute approximate surface area is 136 Å². The van der Waals surface area contributed by atoms with E-state index in [2.05, 4.69) is 21.0 Å². The van der Waals surface area contributed by atoms with E-state index in [9.17, 15) is 0 Å². The molecule has 0 amide bonds. The number of aryl methyl sites for hydroxylation is 2. The Morgan fingerprint density at radius 1 is 1.52 bits per heavy atom. The summed E-state index contributed by atoms with van der Waals surface area (Å²) in [6.45, 7) is 5.12. The van der Waals surface area contributed by atoms with Crippen molar-refractivity contribution in [2.75, 3.05) is 0 Å². The minimum absolute atomic E-state index is 0.0611. The first-order chi connectivity index (χ1) is 9.93. The smallest absolute Gasteiger partial charge is 0.131 e. The maximum atomic E-state index is 7.40. The minimum Gasteiger partial charge on any atom is -0.487 e. The molecule has 0 aliphatic rings. The third-order valence-electron chi connectivity index (χ3n) is 3.06. The second-order valence-corrected chi connectivity index (χ2v) is 5.71. The van der Waals surface area contributed by atoms with E-state index >= 15 is 0 Å². The van der Waals surface area contributed by atoms with Gasteiger partial charge in [0, 0.05) is 12.1 Å². The molecule has 0 saturated carbocycles. The van der Waals surface area contributed by atoms with Crippen LogP contribution in [0.1, 0.15) is 23.9 Å². The maximum Gasteiger partial charge on any atom is 0.131 e. The number of nitrogens with two attached hydrogens (primary N) is 1. The number of nitrogen functional groups attached to an aromatic ring is 1. The summed E-state index contributed by atoms with van der Waals surface area (Å²) in [5.41, 5.74) is 7.83. The predicted molar refractivity (Wildman–Crippen MR) is 87.1 cm³/mol. The predicted octanol–water partition coefficient (Wildman–Crippen LogP) is 3.49. The number of nitrogens with one attached hydrogen (secondary N) is 1. The minimum atomic E-state index is -0.0611. The monoisotopic (exact) mass is 370 g/mol. The van der Waals surface area contributed by atoms with Crippen LogP contribution in [-0.4, -0.2) is 15.6 Å². The van der Waals surface area contributed by atoms with Crippen LogP contribution in [0.3, 0.4) is 0 Å². The van der Waals surface area contributed by atoms with Crippen LogP contribution in [0.15, 0.2) is 22.7 Å². The van der Waals surface area contributed by atoms with Crippen molar-refractivity contribution in [3.05, 3.63) is 44.6 Å². The standard InChI is InChI=1S/C14H16BrClN4O/c1-3-20-12(13(15)8(2)19-20)7-21-9-4-5-10(14(17)18)11(16)6-9/h4-6H,3,7H2,1-2H3,(H3,17,18). The normalized spacial score (nSPS) is 10.7. The van der Waals surface area contributed by atoms with Crippen LogP contribution in [0.25, 0.3) is 0 Å². The first-order valence-electron chi connectivity index (χ1n) is 6.42. The Balaban J connectivity index is 2.17. The summed E-state index contributed by atoms with van der Waals surface area (Å²) < 4.78 is 8.61. The SMILES string of the molecule is CCn1nc(C)c(Br)c1COc1ccc(C(=N)N)c(Cl)c1. The molecular weight excluding hydrogens is 356 g/mol. The van der Waals surface area contributed by atoms with Crippen LogP contribution in [0, 0.1) is 12.3 Å². The Morgan fingerprint density at radius 3 is 2.81 bits per heavy atom. The number of ether oxygens (including phenoxy) is 1. The van der Waals surface area contributed by atoms with Gasteiger partial charge in [-0.15, -0.1) is 0 Å². The highest BCUT2D eigenvalue weighted by Crippen LogP contribution is 2.25. The topological polar surface area (TPSA) is 76.9 Å². The van der Waals surface area contributed by atoms with Gasteiger partial charge in [-0.25, -0.2) is 0 Å². The van der Waals surface area contributed by atoms with Crippen molar-refractivity contribution in [3.63, 3.8) is 0 Å². The molecule has 7 heteroatoms. The number of amidine groups is 1. The maximum absolute atomic E-state index is 7.40. The number of halogens is 2. The molecule has 0 aliphatic carbocycles. The second kappa shape index (κ2) is 6.49. The van der Waals surface area contributed by atoms with Crippen molar-refractivity contribution in [1.29, 1.82) is 5.41 Å². The summed E-state index contributed by atoms with van der Waals surface area (Å²) in [5, 5.41) is 12.2. The number of rotatable bonds is 5. The molecule has 112 valence electrons. The molecule has 0 bridgehead atoms. The van der Waals surface area contributed by atoms with E-state index in [-0.39, 0.29) is 5.84 Å². The van der Waals surface area contributed by atoms with Gasteiger partial charge in [-0.3, -0.25) is 10.1 Å². The van der Waals surface area contributed by atoms with Crippen LogP contribution in [0.4, 0.5) is 0 Å². The van der Waals surface area contributed by atoms with Gasteiger partial charge in [0.05, 0.1) is 20.9 Å². The van der Waals surface area contributed by atoms with Crippen LogP contribution < -0.4 is 10.5 Å². The molecule has 5 nitrogen and oxygen atoms in total. The summed E-state index contributed by atoms with van der Waals surface area (Å²) in [4.78, 5) is 0. The zero-order chi connectivity index (χ0) is 15.6. The van der Waals surface area contributed by atoms with Gasteiger partial charge >= 0.3 is 0 Å². The number of hydrogen-bond donors (Lipinski definition) is 2. The van der Waals surface area contributed by atoms with Gasteiger partial charge in [0.1, 0.15) is 18.2 Å². The third-order valence-corrected chi connectivity index (χ3v) is 4.40. The number of nitrogens with zero attached hydrogens (tertiary/aromatic N) is 2. The molecule has 0 fully saturated rings. The average molecular weight is 372 g/mol. The molecule has 0 saturated heterocycles. The third kappa shape index (κ3) is 3.39. The molecular formula is C14H16BrClN4O. The fourth-order valence-electron chi connectivity index (χ4n) is 1.96. The van der Waals surface area contributed by atoms with Gasteiger partial charge in [-0.1, -0.05) is 11.6 Å². The zero-order valence-corrected chi connectivity index (χ0v) is 14.1. The molecule has 0 spiro atoms. The lowest BCUT2D eigenvalue weighted by Crippen LogP contribution is -2.11. The van der Waals surface area contributed by atoms with E-state index in [0.717, 1.165) is 22.4 Å². The van der Waals surface area contributed by atoms with Crippen LogP contribution in [0.5, 0.6) is 5.75 Å². The van der Waals surface area contributed by atoms with E-state index in [1.165, 1.54) is 0 Å². The van der Waals surface area contributed by atoms with E-state index in [1.54, 1.807) is 18.2 Å². The number of hydrogen-bond acceptors (Lipinski definition) is 3. The molecule has 2 rings (SSSR count). The largest absolute Gasteiger partial charge is 0.487 e. The van der Waals surface area contributed by atoms with Crippen molar-refractivity contribution >= 4 is 33.4 Å². The summed E-state index contributed by atoms with van der Waals surface area (Å²) >= 11 is 9.60. The van der Waals surface area contributed by atoms with Crippen molar-refractivity contribution in [3.8, 4) is 5.75 Å². The Bertz CT molecular complexity index is 684. The summed E-state index contributed by atoms with van der Waals surface area (Å²) in [5.74, 6) is 0.562. The van der Waals surface area contributed by atoms with Crippen LogP contribution in [-0.2, 0) is 13.2 Å². The first kappa shape index (κ1) is 15.9. The molecule has 1 heterocycles. The number of benzene rings is 1. The first-order valence-corrected chi connectivity index (χ1v) is 7.59. The Hall–Kier alpha value is -1.53. The Kier molecular flexibility index (Phi) is 4.90. The highest BCUT2D eigenvalue weighted by Gasteiger charge is 2.13. The van der Waals surface area contributed by atoms with Gasteiger partial charge in [0.2, 0.25) is 0 Å². The van der Waals surface area contributed by atoms with Gasteiger partial charge in [0.25, 0.3) is 0 Å². The fourth-order valence-corrected chi connectivity index (χ4v) is 2.63. The van der Waals surface area contributed by atoms with E-state index in [1.807, 2.05) is 18.5 Å². The van der Waals surface area contributed by atoms with Crippen molar-refractivity contribution in [1.82, 2.24) is 9.78 Å². The lowest BCUT2D eigenvalue weighted by molar-refractivity contribution is 0.291. The second-order valence-electron chi connectivity index (χ2n) is 4.51. The summed E-state index contributed by atoms with van der Waals surface area (Å²) in [6, 6.07) is 5.08. The van der Waals surface area contributed by atoms with E-state index < -0.39 is 0 Å². The van der Waals surface area contributed by atoms with Gasteiger partial charge in [0.15, 0.2) is 0 Å². The number of aromatic nitrogens is 2. The lowest BCUT2D eigenvalue weighted by atomic mass is 10.2. The zero-order valence-electron chi connectivity index (χ0n) is 11.8. The average Bonchev–Trinajstić information content (AvgIpc) is 2.71. The van der Waals surface area contributed by atoms with Crippen molar-refractivity contribution < 1.29 is 4.74 Å². The van der Waals surface area contributed by atoms with Crippen LogP contribution >= 0.6 is 27.5 Å². The van der Waals surface area contributed by atoms with Crippen molar-refractivity contribution in [2.45, 2.75) is 27.0 Å². The summed E-state index contributed by atoms with van der Waals surface area (Å²) in [6.07, 6.45) is 0. The van der Waals surface area contributed by atoms with Gasteiger partial charge in [-0.2, -0.15) is 5.10 Å². The molecule has 3 N–H and O–H groups in total. The molecule has 0 aliphatic heterocycles. The highest BCUT2D eigenvalue weighted by molar-refractivity contribution is 9.10. The van der Waals surface area contributed by atoms with Crippen LogP contribution in [0.2, 0.25) is 5.02 Å². The van der Waals surface area contributed by atoms with Crippen molar-refractivity contribution in [2.24, 2.45) is 5.73 Å². The molecule has 0 radical (unpaired) electrons. The lowest BCUT2D eigenvalue weighted by Gasteiger charge is -2.10. The quantitative estimate of drug-likeness (QED) is 0.624. The molecule has 21 heavy (non-hydrogen) atoms. The molecule has 1 aromatic heterocycles. The summed E-state index contributed by atoms with van der Waals surface area (Å²) in [7, 11) is 0. The molecule has 2 aromatic rings. The highest BCUT2D eigenvalue weighted by atomic mass is 79.9. The van der Waals surface area contributed by atoms with E-state index in [0.29, 0.717) is 22.9 Å². The van der Waals surface area contributed by atoms with Gasteiger partial charge < -0.3 is 10.5 Å². The Morgan fingerprint density at radius 2 is 2.24 bits per heavy atom. The molecule has 1 aromatic carbocycles. The fraction of sp³-hybridized carbons (Fsp3) is 0.286. The van der Waals surface area contributed by atoms with E-state index in [4.69, 9.17) is 27.5 Å². The van der Waals surface area contributed by atoms with Gasteiger partial charge in [-0.05, 0) is 48.0 Å². The molecule has 0 atom stereocenters.